The average molecular weight is 214 g/mol. The number of nitrogens with one attached hydrogen (secondary N) is 1. The van der Waals surface area contributed by atoms with E-state index in [1.54, 1.807) is 19.2 Å². The molecule has 0 aliphatic carbocycles. The molecule has 1 rings (SSSR count). The highest BCUT2D eigenvalue weighted by atomic mass is 35.5. The highest BCUT2D eigenvalue weighted by Gasteiger charge is 2.04. The van der Waals surface area contributed by atoms with Crippen LogP contribution in [-0.4, -0.2) is 13.0 Å². The van der Waals surface area contributed by atoms with Crippen molar-refractivity contribution in [2.45, 2.75) is 12.8 Å². The molecule has 0 aromatic heterocycles. The molecule has 0 bridgehead atoms. The van der Waals surface area contributed by atoms with Gasteiger partial charge in [0.2, 0.25) is 5.91 Å². The van der Waals surface area contributed by atoms with Gasteiger partial charge in [-0.05, 0) is 17.7 Å². The number of carbonyl (C=O) groups is 1. The number of ether oxygens (including phenoxy) is 1. The topological polar surface area (TPSA) is 38.3 Å². The number of anilines is 1. The predicted molar refractivity (Wildman–Crippen MR) is 56.9 cm³/mol. The van der Waals surface area contributed by atoms with E-state index in [0.717, 1.165) is 5.56 Å². The van der Waals surface area contributed by atoms with Crippen molar-refractivity contribution >= 4 is 23.2 Å². The van der Waals surface area contributed by atoms with Crippen molar-refractivity contribution in [3.8, 4) is 5.75 Å². The zero-order chi connectivity index (χ0) is 10.6. The Labute approximate surface area is 88.0 Å². The second kappa shape index (κ2) is 4.86. The molecule has 0 saturated heterocycles. The molecule has 0 saturated carbocycles. The molecule has 14 heavy (non-hydrogen) atoms. The monoisotopic (exact) mass is 213 g/mol. The van der Waals surface area contributed by atoms with Crippen molar-refractivity contribution in [1.29, 1.82) is 0 Å². The molecule has 0 aliphatic rings. The van der Waals surface area contributed by atoms with Gasteiger partial charge in [0, 0.05) is 12.8 Å². The summed E-state index contributed by atoms with van der Waals surface area (Å²) < 4.78 is 5.12. The highest BCUT2D eigenvalue weighted by molar-refractivity contribution is 6.17. The van der Waals surface area contributed by atoms with Crippen molar-refractivity contribution in [3.05, 3.63) is 23.8 Å². The Morgan fingerprint density at radius 2 is 2.29 bits per heavy atom. The molecular weight excluding hydrogens is 202 g/mol. The summed E-state index contributed by atoms with van der Waals surface area (Å²) in [5, 5.41) is 2.67. The number of halogens is 1. The molecule has 1 N–H and O–H groups in total. The van der Waals surface area contributed by atoms with Crippen LogP contribution in [-0.2, 0) is 10.7 Å². The normalized spacial score (nSPS) is 9.64. The number of carbonyl (C=O) groups excluding carboxylic acids is 1. The van der Waals surface area contributed by atoms with E-state index in [1.165, 1.54) is 6.92 Å². The molecule has 0 radical (unpaired) electrons. The van der Waals surface area contributed by atoms with Crippen molar-refractivity contribution in [3.63, 3.8) is 0 Å². The summed E-state index contributed by atoms with van der Waals surface area (Å²) in [5.41, 5.74) is 1.62. The smallest absolute Gasteiger partial charge is 0.221 e. The van der Waals surface area contributed by atoms with Gasteiger partial charge >= 0.3 is 0 Å². The fraction of sp³-hybridized carbons (Fsp3) is 0.300. The highest BCUT2D eigenvalue weighted by Crippen LogP contribution is 2.26. The predicted octanol–water partition coefficient (Wildman–Crippen LogP) is 2.39. The van der Waals surface area contributed by atoms with E-state index in [0.29, 0.717) is 17.3 Å². The van der Waals surface area contributed by atoms with Crippen LogP contribution in [0.1, 0.15) is 12.5 Å². The van der Waals surface area contributed by atoms with E-state index in [9.17, 15) is 4.79 Å². The Bertz CT molecular complexity index is 339. The molecule has 0 unspecified atom stereocenters. The summed E-state index contributed by atoms with van der Waals surface area (Å²) in [4.78, 5) is 10.8. The standard InChI is InChI=1S/C10H12ClNO2/c1-7(13)12-9-4-3-8(6-11)5-10(9)14-2/h3-5H,6H2,1-2H3,(H,12,13). The van der Waals surface area contributed by atoms with Crippen LogP contribution in [0.15, 0.2) is 18.2 Å². The van der Waals surface area contributed by atoms with Crippen LogP contribution in [0.3, 0.4) is 0 Å². The lowest BCUT2D eigenvalue weighted by Crippen LogP contribution is -2.07. The Morgan fingerprint density at radius 1 is 1.57 bits per heavy atom. The van der Waals surface area contributed by atoms with Crippen molar-refractivity contribution in [2.75, 3.05) is 12.4 Å². The van der Waals surface area contributed by atoms with Crippen LogP contribution in [0.4, 0.5) is 5.69 Å². The van der Waals surface area contributed by atoms with Crippen LogP contribution in [0, 0.1) is 0 Å². The first-order valence-electron chi connectivity index (χ1n) is 4.18. The summed E-state index contributed by atoms with van der Waals surface area (Å²) >= 11 is 5.67. The molecule has 0 heterocycles. The first-order valence-corrected chi connectivity index (χ1v) is 4.71. The third kappa shape index (κ3) is 2.64. The maximum atomic E-state index is 10.8. The number of alkyl halides is 1. The molecule has 1 amide bonds. The van der Waals surface area contributed by atoms with Gasteiger partial charge < -0.3 is 10.1 Å². The molecule has 0 atom stereocenters. The Morgan fingerprint density at radius 3 is 2.79 bits per heavy atom. The molecule has 3 nitrogen and oxygen atoms in total. The first-order chi connectivity index (χ1) is 6.67. The Kier molecular flexibility index (Phi) is 3.77. The largest absolute Gasteiger partial charge is 0.495 e. The minimum Gasteiger partial charge on any atom is -0.495 e. The number of rotatable bonds is 3. The first kappa shape index (κ1) is 10.9. The van der Waals surface area contributed by atoms with E-state index in [1.807, 2.05) is 6.07 Å². The van der Waals surface area contributed by atoms with Gasteiger partial charge in [0.15, 0.2) is 0 Å². The molecule has 0 aliphatic heterocycles. The van der Waals surface area contributed by atoms with E-state index in [2.05, 4.69) is 5.32 Å². The maximum absolute atomic E-state index is 10.8. The zero-order valence-corrected chi connectivity index (χ0v) is 8.89. The van der Waals surface area contributed by atoms with Gasteiger partial charge in [-0.2, -0.15) is 0 Å². The van der Waals surface area contributed by atoms with Gasteiger partial charge in [-0.1, -0.05) is 6.07 Å². The van der Waals surface area contributed by atoms with E-state index >= 15 is 0 Å². The van der Waals surface area contributed by atoms with Crippen LogP contribution < -0.4 is 10.1 Å². The molecule has 4 heteroatoms. The summed E-state index contributed by atoms with van der Waals surface area (Å²) in [6.45, 7) is 1.45. The number of methoxy groups -OCH3 is 1. The summed E-state index contributed by atoms with van der Waals surface area (Å²) in [5.74, 6) is 0.928. The Balaban J connectivity index is 2.98. The molecule has 1 aromatic carbocycles. The molecule has 76 valence electrons. The minimum absolute atomic E-state index is 0.123. The second-order valence-electron chi connectivity index (χ2n) is 2.85. The SMILES string of the molecule is COc1cc(CCl)ccc1NC(C)=O. The molecular formula is C10H12ClNO2. The average Bonchev–Trinajstić information content (AvgIpc) is 2.17. The number of hydrogen-bond acceptors (Lipinski definition) is 2. The fourth-order valence-electron chi connectivity index (χ4n) is 1.11. The molecule has 1 aromatic rings. The summed E-state index contributed by atoms with van der Waals surface area (Å²) in [6, 6.07) is 5.43. The third-order valence-corrected chi connectivity index (χ3v) is 2.04. The van der Waals surface area contributed by atoms with Crippen LogP contribution in [0.25, 0.3) is 0 Å². The summed E-state index contributed by atoms with van der Waals surface area (Å²) in [6.07, 6.45) is 0. The molecule has 0 spiro atoms. The lowest BCUT2D eigenvalue weighted by Gasteiger charge is -2.09. The van der Waals surface area contributed by atoms with Gasteiger partial charge in [0.25, 0.3) is 0 Å². The van der Waals surface area contributed by atoms with Gasteiger partial charge in [-0.25, -0.2) is 0 Å². The van der Waals surface area contributed by atoms with E-state index in [4.69, 9.17) is 16.3 Å². The van der Waals surface area contributed by atoms with Gasteiger partial charge in [0.05, 0.1) is 12.8 Å². The van der Waals surface area contributed by atoms with Crippen molar-refractivity contribution in [2.24, 2.45) is 0 Å². The van der Waals surface area contributed by atoms with Crippen LogP contribution in [0.5, 0.6) is 5.75 Å². The number of benzene rings is 1. The maximum Gasteiger partial charge on any atom is 0.221 e. The van der Waals surface area contributed by atoms with Gasteiger partial charge in [-0.15, -0.1) is 11.6 Å². The van der Waals surface area contributed by atoms with E-state index < -0.39 is 0 Å². The van der Waals surface area contributed by atoms with E-state index in [-0.39, 0.29) is 5.91 Å². The zero-order valence-electron chi connectivity index (χ0n) is 8.13. The second-order valence-corrected chi connectivity index (χ2v) is 3.12. The fourth-order valence-corrected chi connectivity index (χ4v) is 1.28. The van der Waals surface area contributed by atoms with Crippen molar-refractivity contribution < 1.29 is 9.53 Å². The lowest BCUT2D eigenvalue weighted by molar-refractivity contribution is -0.114. The van der Waals surface area contributed by atoms with Crippen LogP contribution in [0.2, 0.25) is 0 Å². The summed E-state index contributed by atoms with van der Waals surface area (Å²) in [7, 11) is 1.55. The Hall–Kier alpha value is -1.22. The number of amides is 1. The lowest BCUT2D eigenvalue weighted by atomic mass is 10.2. The third-order valence-electron chi connectivity index (χ3n) is 1.73. The molecule has 0 fully saturated rings. The minimum atomic E-state index is -0.123. The van der Waals surface area contributed by atoms with Gasteiger partial charge in [-0.3, -0.25) is 4.79 Å². The number of hydrogen-bond donors (Lipinski definition) is 1. The van der Waals surface area contributed by atoms with Crippen LogP contribution >= 0.6 is 11.6 Å². The van der Waals surface area contributed by atoms with Gasteiger partial charge in [0.1, 0.15) is 5.75 Å². The van der Waals surface area contributed by atoms with Crippen molar-refractivity contribution in [1.82, 2.24) is 0 Å². The quantitative estimate of drug-likeness (QED) is 0.783.